The second-order valence-electron chi connectivity index (χ2n) is 12.7. The summed E-state index contributed by atoms with van der Waals surface area (Å²) in [4.78, 5) is 0. The molecule has 193 valence electrons. The van der Waals surface area contributed by atoms with Crippen molar-refractivity contribution < 1.29 is 13.5 Å². The fourth-order valence-corrected chi connectivity index (χ4v) is 50.5. The zero-order valence-corrected chi connectivity index (χ0v) is 28.3. The van der Waals surface area contributed by atoms with Crippen LogP contribution in [0.15, 0.2) is 77.9 Å². The van der Waals surface area contributed by atoms with Crippen LogP contribution in [-0.2, 0) is 13.5 Å². The van der Waals surface area contributed by atoms with Gasteiger partial charge in [-0.2, -0.15) is 0 Å². The SMILES string of the molecule is CC1=Cc2c(C(C)C)cccc2[CH]1[Zr]([CH3])([Cl])([Cl])(=[SiH]c1ccccc1)[CH]1C(C)=Cc2c(C(C)C)cccc21. The Balaban J connectivity index is 1.91. The van der Waals surface area contributed by atoms with E-state index in [9.17, 15) is 0 Å². The van der Waals surface area contributed by atoms with E-state index in [1.807, 2.05) is 0 Å². The second-order valence-corrected chi connectivity index (χ2v) is 61.4. The summed E-state index contributed by atoms with van der Waals surface area (Å²) in [7, 11) is 17.3. The molecule has 0 spiro atoms. The predicted molar refractivity (Wildman–Crippen MR) is 165 cm³/mol. The van der Waals surface area contributed by atoms with Crippen molar-refractivity contribution in [2.45, 2.75) is 65.3 Å². The molecular formula is C33H39Cl2SiZr. The Morgan fingerprint density at radius 3 is 1.49 bits per heavy atom. The molecule has 0 heterocycles. The number of rotatable bonds is 5. The average molecular weight is 626 g/mol. The molecule has 0 aliphatic heterocycles. The van der Waals surface area contributed by atoms with Crippen LogP contribution >= 0.6 is 17.0 Å². The van der Waals surface area contributed by atoms with Crippen molar-refractivity contribution in [2.75, 3.05) is 0 Å². The molecule has 2 aliphatic rings. The number of halogens is 2. The molecule has 0 radical (unpaired) electrons. The van der Waals surface area contributed by atoms with Gasteiger partial charge in [0.05, 0.1) is 0 Å². The van der Waals surface area contributed by atoms with E-state index >= 15 is 0 Å². The van der Waals surface area contributed by atoms with Crippen LogP contribution < -0.4 is 5.19 Å². The summed E-state index contributed by atoms with van der Waals surface area (Å²) in [5, 5.41) is 1.31. The Morgan fingerprint density at radius 2 is 1.08 bits per heavy atom. The van der Waals surface area contributed by atoms with E-state index in [1.165, 1.54) is 49.7 Å². The molecule has 5 rings (SSSR count). The first-order valence-corrected chi connectivity index (χ1v) is 30.7. The molecule has 0 nitrogen and oxygen atoms in total. The van der Waals surface area contributed by atoms with Gasteiger partial charge in [0.15, 0.2) is 0 Å². The van der Waals surface area contributed by atoms with Gasteiger partial charge in [0, 0.05) is 0 Å². The molecule has 2 unspecified atom stereocenters. The minimum atomic E-state index is -5.37. The topological polar surface area (TPSA) is 0 Å². The molecule has 0 saturated carbocycles. The monoisotopic (exact) mass is 623 g/mol. The van der Waals surface area contributed by atoms with Crippen molar-refractivity contribution in [2.24, 2.45) is 0 Å². The van der Waals surface area contributed by atoms with E-state index < -0.39 is 13.5 Å². The van der Waals surface area contributed by atoms with Gasteiger partial charge < -0.3 is 0 Å². The van der Waals surface area contributed by atoms with Crippen LogP contribution in [0, 0.1) is 0 Å². The molecule has 4 heteroatoms. The van der Waals surface area contributed by atoms with Gasteiger partial charge in [-0.05, 0) is 0 Å². The molecule has 37 heavy (non-hydrogen) atoms. The third-order valence-electron chi connectivity index (χ3n) is 8.93. The number of hydrogen-bond donors (Lipinski definition) is 0. The molecule has 2 atom stereocenters. The zero-order chi connectivity index (χ0) is 26.8. The fourth-order valence-electron chi connectivity index (χ4n) is 7.76. The van der Waals surface area contributed by atoms with E-state index in [-0.39, 0.29) is 13.4 Å². The molecule has 2 aliphatic carbocycles. The summed E-state index contributed by atoms with van der Waals surface area (Å²) in [6, 6.07) is 24.5. The van der Waals surface area contributed by atoms with E-state index in [1.54, 1.807) is 0 Å². The van der Waals surface area contributed by atoms with Crippen LogP contribution in [0.1, 0.15) is 94.0 Å². The second kappa shape index (κ2) is 8.92. The van der Waals surface area contributed by atoms with Crippen LogP contribution in [-0.4, -0.2) is 6.16 Å². The Labute approximate surface area is 228 Å². The summed E-state index contributed by atoms with van der Waals surface area (Å²) in [6.07, 6.45) is 4.43. The number of hydrogen-bond acceptors (Lipinski definition) is 0. The van der Waals surface area contributed by atoms with Crippen molar-refractivity contribution in [3.63, 3.8) is 0 Å². The van der Waals surface area contributed by atoms with E-state index in [2.05, 4.69) is 125 Å². The molecule has 0 saturated heterocycles. The Bertz CT molecular complexity index is 1470. The van der Waals surface area contributed by atoms with Crippen molar-refractivity contribution in [3.05, 3.63) is 111 Å². The first-order valence-electron chi connectivity index (χ1n) is 13.6. The van der Waals surface area contributed by atoms with Crippen molar-refractivity contribution >= 4 is 40.5 Å². The molecule has 0 amide bonds. The maximum atomic E-state index is 8.63. The van der Waals surface area contributed by atoms with Crippen LogP contribution in [0.4, 0.5) is 0 Å². The summed E-state index contributed by atoms with van der Waals surface area (Å²) >= 11 is -5.37. The third-order valence-corrected chi connectivity index (χ3v) is 44.2. The van der Waals surface area contributed by atoms with E-state index in [4.69, 9.17) is 17.0 Å². The van der Waals surface area contributed by atoms with Gasteiger partial charge in [0.2, 0.25) is 0 Å². The van der Waals surface area contributed by atoms with Gasteiger partial charge in [-0.15, -0.1) is 0 Å². The molecule has 3 aromatic rings. The normalized spacial score (nSPS) is 20.7. The van der Waals surface area contributed by atoms with Gasteiger partial charge in [-0.25, -0.2) is 0 Å². The maximum absolute atomic E-state index is 8.63. The van der Waals surface area contributed by atoms with Gasteiger partial charge in [0.1, 0.15) is 0 Å². The first kappa shape index (κ1) is 27.4. The van der Waals surface area contributed by atoms with Crippen molar-refractivity contribution in [3.8, 4) is 0 Å². The standard InChI is InChI=1S/2C13H15.C6H6Si.CH3.2ClH.Zr/c2*1-9(2)12-6-4-5-11-7-10(3)8-13(11)12;7-6-4-2-1-3-5-6;;;;/h2*4-9H,1-3H3;1-5,7H;1H3;2*1H;/q;;;;;;+2/p-2. The molecule has 0 N–H and O–H groups in total. The predicted octanol–water partition coefficient (Wildman–Crippen LogP) is 9.81. The molecule has 0 bridgehead atoms. The third kappa shape index (κ3) is 4.26. The van der Waals surface area contributed by atoms with E-state index in [0.29, 0.717) is 11.8 Å². The number of benzene rings is 3. The average Bonchev–Trinajstić information content (AvgIpc) is 3.35. The van der Waals surface area contributed by atoms with Crippen molar-refractivity contribution in [1.29, 1.82) is 0 Å². The zero-order valence-electron chi connectivity index (χ0n) is 23.1. The quantitative estimate of drug-likeness (QED) is 0.248. The minimum absolute atomic E-state index is 0.0513. The van der Waals surface area contributed by atoms with Crippen LogP contribution in [0.25, 0.3) is 12.2 Å². The van der Waals surface area contributed by atoms with Gasteiger partial charge >= 0.3 is 231 Å². The van der Waals surface area contributed by atoms with Crippen LogP contribution in [0.2, 0.25) is 4.63 Å². The summed E-state index contributed by atoms with van der Waals surface area (Å²) in [5.74, 6) is 0.888. The van der Waals surface area contributed by atoms with E-state index in [0.717, 1.165) is 0 Å². The molecule has 0 fully saturated rings. The molecular weight excluding hydrogens is 587 g/mol. The van der Waals surface area contributed by atoms with Gasteiger partial charge in [0.25, 0.3) is 0 Å². The first-order chi connectivity index (χ1) is 17.3. The molecule has 3 aromatic carbocycles. The van der Waals surface area contributed by atoms with Crippen molar-refractivity contribution in [1.82, 2.24) is 0 Å². The summed E-state index contributed by atoms with van der Waals surface area (Å²) in [5.41, 5.74) is 10.8. The van der Waals surface area contributed by atoms with Crippen LogP contribution in [0.3, 0.4) is 0 Å². The Kier molecular flexibility index (Phi) is 6.60. The Hall–Kier alpha value is -1.18. The number of allylic oxidation sites excluding steroid dienone is 2. The van der Waals surface area contributed by atoms with Gasteiger partial charge in [-0.1, -0.05) is 0 Å². The van der Waals surface area contributed by atoms with Gasteiger partial charge in [-0.3, -0.25) is 0 Å². The molecule has 0 aromatic heterocycles. The summed E-state index contributed by atoms with van der Waals surface area (Å²) < 4.78 is 2.48. The van der Waals surface area contributed by atoms with Crippen LogP contribution in [0.5, 0.6) is 0 Å². The summed E-state index contributed by atoms with van der Waals surface area (Å²) in [6.45, 7) is 13.7. The number of fused-ring (bicyclic) bond motifs is 2. The fraction of sp³-hybridized carbons (Fsp3) is 0.333. The Morgan fingerprint density at radius 1 is 0.649 bits per heavy atom.